The first-order chi connectivity index (χ1) is 12.0. The summed E-state index contributed by atoms with van der Waals surface area (Å²) in [7, 11) is 0. The molecule has 0 fully saturated rings. The molecule has 0 aromatic heterocycles. The summed E-state index contributed by atoms with van der Waals surface area (Å²) in [5, 5.41) is 11.5. The smallest absolute Gasteiger partial charge is 0.310 e. The van der Waals surface area contributed by atoms with Crippen molar-refractivity contribution in [2.75, 3.05) is 6.79 Å². The van der Waals surface area contributed by atoms with Gasteiger partial charge in [0.15, 0.2) is 6.79 Å². The number of hydrogen-bond donors (Lipinski definition) is 0. The summed E-state index contributed by atoms with van der Waals surface area (Å²) in [6.07, 6.45) is 0.0146. The van der Waals surface area contributed by atoms with Crippen molar-refractivity contribution in [3.63, 3.8) is 0 Å². The van der Waals surface area contributed by atoms with Gasteiger partial charge in [-0.1, -0.05) is 29.8 Å². The van der Waals surface area contributed by atoms with E-state index in [9.17, 15) is 14.9 Å². The van der Waals surface area contributed by atoms with Crippen molar-refractivity contribution in [3.8, 4) is 5.75 Å². The minimum absolute atomic E-state index is 0.0146. The second-order valence-electron chi connectivity index (χ2n) is 5.39. The maximum atomic E-state index is 12.0. The lowest BCUT2D eigenvalue weighted by Crippen LogP contribution is -2.15. The summed E-state index contributed by atoms with van der Waals surface area (Å²) in [5.74, 6) is -0.0252. The third-order valence-corrected chi connectivity index (χ3v) is 4.03. The highest BCUT2D eigenvalue weighted by atomic mass is 35.5. The highest BCUT2D eigenvalue weighted by Gasteiger charge is 2.22. The summed E-state index contributed by atoms with van der Waals surface area (Å²) in [6.45, 7) is 0.121. The number of esters is 1. The number of nitro groups is 1. The molecule has 0 amide bonds. The van der Waals surface area contributed by atoms with Gasteiger partial charge in [0.25, 0.3) is 5.69 Å². The number of hydrogen-bond acceptors (Lipinski definition) is 6. The van der Waals surface area contributed by atoms with Crippen LogP contribution in [-0.4, -0.2) is 17.7 Å². The van der Waals surface area contributed by atoms with Gasteiger partial charge in [0.1, 0.15) is 12.4 Å². The van der Waals surface area contributed by atoms with Gasteiger partial charge in [-0.15, -0.1) is 0 Å². The highest BCUT2D eigenvalue weighted by molar-refractivity contribution is 6.31. The Morgan fingerprint density at radius 2 is 2.08 bits per heavy atom. The van der Waals surface area contributed by atoms with Crippen molar-refractivity contribution in [2.45, 2.75) is 19.6 Å². The molecule has 0 N–H and O–H groups in total. The first-order valence-corrected chi connectivity index (χ1v) is 7.82. The minimum atomic E-state index is -0.510. The van der Waals surface area contributed by atoms with Gasteiger partial charge in [0.05, 0.1) is 18.0 Å². The normalized spacial score (nSPS) is 12.8. The summed E-state index contributed by atoms with van der Waals surface area (Å²) in [5.41, 5.74) is 1.53. The quantitative estimate of drug-likeness (QED) is 0.459. The largest absolute Gasteiger partial charge is 0.467 e. The number of non-ortho nitro benzene ring substituents is 1. The number of carbonyl (C=O) groups is 1. The van der Waals surface area contributed by atoms with Gasteiger partial charge in [-0.25, -0.2) is 0 Å². The van der Waals surface area contributed by atoms with Crippen LogP contribution in [0.25, 0.3) is 0 Å². The fraction of sp³-hybridized carbons (Fsp3) is 0.235. The number of nitrogens with zero attached hydrogens (tertiary/aromatic N) is 1. The van der Waals surface area contributed by atoms with E-state index in [1.54, 1.807) is 24.3 Å². The van der Waals surface area contributed by atoms with Crippen molar-refractivity contribution in [3.05, 3.63) is 68.2 Å². The van der Waals surface area contributed by atoms with E-state index in [1.807, 2.05) is 0 Å². The van der Waals surface area contributed by atoms with E-state index in [-0.39, 0.29) is 32.1 Å². The van der Waals surface area contributed by atoms with Crippen LogP contribution >= 0.6 is 11.6 Å². The van der Waals surface area contributed by atoms with Crippen LogP contribution in [0.5, 0.6) is 5.75 Å². The van der Waals surface area contributed by atoms with Crippen LogP contribution in [0.2, 0.25) is 5.02 Å². The molecule has 2 aromatic carbocycles. The van der Waals surface area contributed by atoms with Gasteiger partial charge in [-0.2, -0.15) is 0 Å². The van der Waals surface area contributed by atoms with Crippen LogP contribution in [0.15, 0.2) is 36.4 Å². The zero-order valence-corrected chi connectivity index (χ0v) is 13.8. The average Bonchev–Trinajstić information content (AvgIpc) is 2.61. The number of rotatable bonds is 5. The van der Waals surface area contributed by atoms with Gasteiger partial charge >= 0.3 is 5.97 Å². The maximum absolute atomic E-state index is 12.0. The van der Waals surface area contributed by atoms with Crippen LogP contribution in [-0.2, 0) is 33.9 Å². The molecular formula is C17H14ClNO6. The average molecular weight is 364 g/mol. The highest BCUT2D eigenvalue weighted by Crippen LogP contribution is 2.33. The van der Waals surface area contributed by atoms with E-state index in [1.165, 1.54) is 12.1 Å². The van der Waals surface area contributed by atoms with E-state index in [4.69, 9.17) is 25.8 Å². The Hall–Kier alpha value is -2.64. The molecule has 1 heterocycles. The van der Waals surface area contributed by atoms with Crippen LogP contribution in [0, 0.1) is 10.1 Å². The topological polar surface area (TPSA) is 87.9 Å². The Bertz CT molecular complexity index is 823. The number of nitro benzene ring substituents is 1. The van der Waals surface area contributed by atoms with Crippen molar-refractivity contribution in [1.29, 1.82) is 0 Å². The second kappa shape index (κ2) is 7.50. The summed E-state index contributed by atoms with van der Waals surface area (Å²) >= 11 is 6.02. The number of halogens is 1. The van der Waals surface area contributed by atoms with Crippen molar-refractivity contribution in [1.82, 2.24) is 0 Å². The Balaban J connectivity index is 1.74. The summed E-state index contributed by atoms with van der Waals surface area (Å²) < 4.78 is 15.8. The molecule has 0 bridgehead atoms. The third kappa shape index (κ3) is 4.07. The monoisotopic (exact) mass is 363 g/mol. The molecule has 3 rings (SSSR count). The van der Waals surface area contributed by atoms with E-state index < -0.39 is 10.9 Å². The molecule has 0 aliphatic carbocycles. The fourth-order valence-electron chi connectivity index (χ4n) is 2.50. The maximum Gasteiger partial charge on any atom is 0.310 e. The Morgan fingerprint density at radius 1 is 1.28 bits per heavy atom. The number of fused-ring (bicyclic) bond motifs is 1. The lowest BCUT2D eigenvalue weighted by molar-refractivity contribution is -0.385. The zero-order chi connectivity index (χ0) is 17.8. The Kier molecular flexibility index (Phi) is 5.16. The molecule has 0 spiro atoms. The SMILES string of the molecule is O=C(Cc1ccccc1Cl)OCc1cc([N+](=O)[O-])cc2c1OCOC2. The standard InChI is InChI=1S/C17H14ClNO6/c18-15-4-2-1-3-11(15)7-16(20)24-9-13-6-14(19(21)22)5-12-8-23-10-25-17(12)13/h1-6H,7-10H2. The van der Waals surface area contributed by atoms with Gasteiger partial charge in [-0.3, -0.25) is 14.9 Å². The lowest BCUT2D eigenvalue weighted by Gasteiger charge is -2.20. The van der Waals surface area contributed by atoms with Crippen LogP contribution < -0.4 is 4.74 Å². The molecule has 1 aliphatic rings. The van der Waals surface area contributed by atoms with Crippen LogP contribution in [0.4, 0.5) is 5.69 Å². The van der Waals surface area contributed by atoms with Crippen LogP contribution in [0.1, 0.15) is 16.7 Å². The molecular weight excluding hydrogens is 350 g/mol. The van der Waals surface area contributed by atoms with Gasteiger partial charge in [0, 0.05) is 28.3 Å². The molecule has 2 aromatic rings. The zero-order valence-electron chi connectivity index (χ0n) is 13.1. The Morgan fingerprint density at radius 3 is 2.84 bits per heavy atom. The molecule has 7 nitrogen and oxygen atoms in total. The van der Waals surface area contributed by atoms with E-state index >= 15 is 0 Å². The van der Waals surface area contributed by atoms with Crippen molar-refractivity contribution in [2.24, 2.45) is 0 Å². The first-order valence-electron chi connectivity index (χ1n) is 7.44. The van der Waals surface area contributed by atoms with E-state index in [2.05, 4.69) is 0 Å². The molecule has 8 heteroatoms. The fourth-order valence-corrected chi connectivity index (χ4v) is 2.70. The van der Waals surface area contributed by atoms with E-state index in [0.29, 0.717) is 27.5 Å². The molecule has 0 saturated heterocycles. The molecule has 0 unspecified atom stereocenters. The second-order valence-corrected chi connectivity index (χ2v) is 5.80. The van der Waals surface area contributed by atoms with Gasteiger partial charge in [0.2, 0.25) is 0 Å². The molecule has 0 atom stereocenters. The molecule has 0 saturated carbocycles. The van der Waals surface area contributed by atoms with Crippen molar-refractivity contribution < 1.29 is 23.9 Å². The predicted octanol–water partition coefficient (Wildman–Crippen LogP) is 3.40. The molecule has 0 radical (unpaired) electrons. The number of ether oxygens (including phenoxy) is 3. The third-order valence-electron chi connectivity index (χ3n) is 3.66. The predicted molar refractivity (Wildman–Crippen MR) is 88.3 cm³/mol. The van der Waals surface area contributed by atoms with Gasteiger partial charge in [-0.05, 0) is 11.6 Å². The number of benzene rings is 2. The van der Waals surface area contributed by atoms with E-state index in [0.717, 1.165) is 0 Å². The molecule has 1 aliphatic heterocycles. The molecule has 130 valence electrons. The lowest BCUT2D eigenvalue weighted by atomic mass is 10.1. The Labute approximate surface area is 148 Å². The van der Waals surface area contributed by atoms with Crippen molar-refractivity contribution >= 4 is 23.3 Å². The number of carbonyl (C=O) groups excluding carboxylic acids is 1. The molecule has 25 heavy (non-hydrogen) atoms. The summed E-state index contributed by atoms with van der Waals surface area (Å²) in [4.78, 5) is 22.6. The first kappa shape index (κ1) is 17.2. The van der Waals surface area contributed by atoms with Crippen LogP contribution in [0.3, 0.4) is 0 Å². The van der Waals surface area contributed by atoms with Gasteiger partial charge < -0.3 is 14.2 Å². The summed E-state index contributed by atoms with van der Waals surface area (Å²) in [6, 6.07) is 9.70. The minimum Gasteiger partial charge on any atom is -0.467 e.